The summed E-state index contributed by atoms with van der Waals surface area (Å²) in [6.45, 7) is 0.939. The largest absolute Gasteiger partial charge is 0.478 e. The highest BCUT2D eigenvalue weighted by Gasteiger charge is 2.11. The van der Waals surface area contributed by atoms with Crippen molar-refractivity contribution in [1.29, 1.82) is 0 Å². The maximum atomic E-state index is 11.0. The first-order valence-electron chi connectivity index (χ1n) is 6.30. The minimum absolute atomic E-state index is 0.0220. The minimum atomic E-state index is -0.989. The Kier molecular flexibility index (Phi) is 4.68. The van der Waals surface area contributed by atoms with Crippen molar-refractivity contribution in [2.75, 3.05) is 18.1 Å². The van der Waals surface area contributed by atoms with Crippen LogP contribution in [-0.2, 0) is 6.54 Å². The number of pyridine rings is 1. The lowest BCUT2D eigenvalue weighted by atomic mass is 10.2. The van der Waals surface area contributed by atoms with Crippen molar-refractivity contribution in [3.63, 3.8) is 0 Å². The number of carboxylic acids is 1. The molecule has 0 saturated heterocycles. The molecule has 0 fully saturated rings. The van der Waals surface area contributed by atoms with Gasteiger partial charge in [0.05, 0.1) is 12.2 Å². The van der Waals surface area contributed by atoms with Crippen LogP contribution in [0.5, 0.6) is 0 Å². The van der Waals surface area contributed by atoms with Gasteiger partial charge in [-0.3, -0.25) is 0 Å². The van der Waals surface area contributed by atoms with E-state index in [1.807, 2.05) is 35.2 Å². The highest BCUT2D eigenvalue weighted by molar-refractivity contribution is 5.88. The Balaban J connectivity index is 2.24. The maximum absolute atomic E-state index is 11.0. The Bertz CT molecular complexity index is 572. The molecule has 0 aliphatic rings. The summed E-state index contributed by atoms with van der Waals surface area (Å²) < 4.78 is 0. The van der Waals surface area contributed by atoms with Gasteiger partial charge in [-0.25, -0.2) is 9.78 Å². The topological polar surface area (TPSA) is 73.7 Å². The van der Waals surface area contributed by atoms with Crippen molar-refractivity contribution in [2.24, 2.45) is 0 Å². The molecular weight excluding hydrogens is 256 g/mol. The number of aliphatic hydroxyl groups is 1. The van der Waals surface area contributed by atoms with Crippen LogP contribution in [0.25, 0.3) is 0 Å². The molecule has 2 rings (SSSR count). The predicted molar refractivity (Wildman–Crippen MR) is 75.8 cm³/mol. The summed E-state index contributed by atoms with van der Waals surface area (Å²) in [6, 6.07) is 12.7. The van der Waals surface area contributed by atoms with Crippen LogP contribution in [0.3, 0.4) is 0 Å². The molecule has 0 unspecified atom stereocenters. The van der Waals surface area contributed by atoms with Gasteiger partial charge in [-0.2, -0.15) is 0 Å². The van der Waals surface area contributed by atoms with Gasteiger partial charge in [0, 0.05) is 19.3 Å². The Hall–Kier alpha value is -2.40. The summed E-state index contributed by atoms with van der Waals surface area (Å²) in [5, 5.41) is 18.2. The molecule has 1 heterocycles. The van der Waals surface area contributed by atoms with Crippen LogP contribution in [0.2, 0.25) is 0 Å². The van der Waals surface area contributed by atoms with E-state index < -0.39 is 5.97 Å². The van der Waals surface area contributed by atoms with E-state index in [1.165, 1.54) is 18.3 Å². The summed E-state index contributed by atoms with van der Waals surface area (Å²) in [6.07, 6.45) is 1.47. The van der Waals surface area contributed by atoms with Gasteiger partial charge in [0.25, 0.3) is 0 Å². The van der Waals surface area contributed by atoms with Gasteiger partial charge in [-0.15, -0.1) is 0 Å². The maximum Gasteiger partial charge on any atom is 0.335 e. The zero-order valence-corrected chi connectivity index (χ0v) is 10.9. The van der Waals surface area contributed by atoms with Crippen molar-refractivity contribution in [2.45, 2.75) is 6.54 Å². The van der Waals surface area contributed by atoms with Crippen molar-refractivity contribution in [1.82, 2.24) is 4.98 Å². The van der Waals surface area contributed by atoms with Crippen molar-refractivity contribution in [3.05, 3.63) is 59.8 Å². The summed E-state index contributed by atoms with van der Waals surface area (Å²) in [4.78, 5) is 17.0. The lowest BCUT2D eigenvalue weighted by Gasteiger charge is -2.23. The smallest absolute Gasteiger partial charge is 0.335 e. The van der Waals surface area contributed by atoms with Crippen LogP contribution in [-0.4, -0.2) is 34.3 Å². The minimum Gasteiger partial charge on any atom is -0.478 e. The quantitative estimate of drug-likeness (QED) is 0.838. The van der Waals surface area contributed by atoms with Crippen molar-refractivity contribution < 1.29 is 15.0 Å². The third-order valence-electron chi connectivity index (χ3n) is 2.90. The molecule has 0 atom stereocenters. The zero-order valence-electron chi connectivity index (χ0n) is 10.9. The number of rotatable bonds is 6. The Morgan fingerprint density at radius 3 is 2.60 bits per heavy atom. The molecule has 0 aliphatic carbocycles. The number of anilines is 1. The molecule has 0 aliphatic heterocycles. The van der Waals surface area contributed by atoms with Gasteiger partial charge >= 0.3 is 5.97 Å². The van der Waals surface area contributed by atoms with E-state index in [0.29, 0.717) is 18.9 Å². The fourth-order valence-electron chi connectivity index (χ4n) is 1.92. The molecule has 0 spiro atoms. The van der Waals surface area contributed by atoms with E-state index in [-0.39, 0.29) is 12.2 Å². The Morgan fingerprint density at radius 1 is 1.20 bits per heavy atom. The number of carboxylic acid groups (broad SMARTS) is 1. The molecule has 2 aromatic rings. The number of nitrogens with zero attached hydrogens (tertiary/aromatic N) is 2. The van der Waals surface area contributed by atoms with Crippen LogP contribution in [0.4, 0.5) is 5.82 Å². The number of aromatic nitrogens is 1. The first-order valence-corrected chi connectivity index (χ1v) is 6.30. The SMILES string of the molecule is O=C(O)c1ccnc(N(CCO)Cc2ccccc2)c1. The molecule has 0 bridgehead atoms. The van der Waals surface area contributed by atoms with Crippen LogP contribution in [0, 0.1) is 0 Å². The first-order chi connectivity index (χ1) is 9.70. The fourth-order valence-corrected chi connectivity index (χ4v) is 1.92. The standard InChI is InChI=1S/C15H16N2O3/c18-9-8-17(11-12-4-2-1-3-5-12)14-10-13(15(19)20)6-7-16-14/h1-7,10,18H,8-9,11H2,(H,19,20). The van der Waals surface area contributed by atoms with Gasteiger partial charge in [0.15, 0.2) is 0 Å². The molecular formula is C15H16N2O3. The van der Waals surface area contributed by atoms with Crippen LogP contribution in [0.1, 0.15) is 15.9 Å². The third-order valence-corrected chi connectivity index (χ3v) is 2.90. The second-order valence-corrected chi connectivity index (χ2v) is 4.34. The number of hydrogen-bond acceptors (Lipinski definition) is 4. The normalized spacial score (nSPS) is 10.2. The molecule has 0 amide bonds. The highest BCUT2D eigenvalue weighted by Crippen LogP contribution is 2.16. The Morgan fingerprint density at radius 2 is 1.95 bits per heavy atom. The van der Waals surface area contributed by atoms with Crippen LogP contribution < -0.4 is 4.90 Å². The molecule has 1 aromatic carbocycles. The monoisotopic (exact) mass is 272 g/mol. The van der Waals surface area contributed by atoms with Gasteiger partial charge in [-0.1, -0.05) is 30.3 Å². The number of benzene rings is 1. The van der Waals surface area contributed by atoms with Gasteiger partial charge in [-0.05, 0) is 17.7 Å². The second-order valence-electron chi connectivity index (χ2n) is 4.34. The predicted octanol–water partition coefficient (Wildman–Crippen LogP) is 1.78. The summed E-state index contributed by atoms with van der Waals surface area (Å²) in [7, 11) is 0. The molecule has 1 aromatic heterocycles. The van der Waals surface area contributed by atoms with Gasteiger partial charge < -0.3 is 15.1 Å². The number of carbonyl (C=O) groups is 1. The van der Waals surface area contributed by atoms with Crippen LogP contribution >= 0.6 is 0 Å². The highest BCUT2D eigenvalue weighted by atomic mass is 16.4. The number of aliphatic hydroxyl groups excluding tert-OH is 1. The zero-order chi connectivity index (χ0) is 14.4. The lowest BCUT2D eigenvalue weighted by Crippen LogP contribution is -2.27. The summed E-state index contributed by atoms with van der Waals surface area (Å²) in [5.74, 6) is -0.444. The molecule has 104 valence electrons. The molecule has 5 nitrogen and oxygen atoms in total. The molecule has 0 saturated carbocycles. The van der Waals surface area contributed by atoms with E-state index in [4.69, 9.17) is 10.2 Å². The van der Waals surface area contributed by atoms with Crippen LogP contribution in [0.15, 0.2) is 48.7 Å². The molecule has 5 heteroatoms. The first kappa shape index (κ1) is 14.0. The third kappa shape index (κ3) is 3.55. The van der Waals surface area contributed by atoms with E-state index in [1.54, 1.807) is 0 Å². The fraction of sp³-hybridized carbons (Fsp3) is 0.200. The molecule has 0 radical (unpaired) electrons. The number of hydrogen-bond donors (Lipinski definition) is 2. The second kappa shape index (κ2) is 6.68. The van der Waals surface area contributed by atoms with Crippen molar-refractivity contribution in [3.8, 4) is 0 Å². The van der Waals surface area contributed by atoms with E-state index in [2.05, 4.69) is 4.98 Å². The number of aromatic carboxylic acids is 1. The molecule has 2 N–H and O–H groups in total. The summed E-state index contributed by atoms with van der Waals surface area (Å²) in [5.41, 5.74) is 1.26. The Labute approximate surface area is 117 Å². The summed E-state index contributed by atoms with van der Waals surface area (Å²) >= 11 is 0. The molecule has 20 heavy (non-hydrogen) atoms. The lowest BCUT2D eigenvalue weighted by molar-refractivity contribution is 0.0697. The average Bonchev–Trinajstić information content (AvgIpc) is 2.48. The average molecular weight is 272 g/mol. The van der Waals surface area contributed by atoms with E-state index in [9.17, 15) is 4.79 Å². The van der Waals surface area contributed by atoms with Gasteiger partial charge in [0.1, 0.15) is 5.82 Å². The van der Waals surface area contributed by atoms with E-state index in [0.717, 1.165) is 5.56 Å². The van der Waals surface area contributed by atoms with Crippen molar-refractivity contribution >= 4 is 11.8 Å². The van der Waals surface area contributed by atoms with Gasteiger partial charge in [0.2, 0.25) is 0 Å². The van der Waals surface area contributed by atoms with E-state index >= 15 is 0 Å².